The first-order chi connectivity index (χ1) is 17.8. The second kappa shape index (κ2) is 10.8. The van der Waals surface area contributed by atoms with Crippen LogP contribution in [0.3, 0.4) is 0 Å². The van der Waals surface area contributed by atoms with Crippen molar-refractivity contribution in [2.24, 2.45) is 0 Å². The molecule has 0 aliphatic carbocycles. The number of nitrogens with one attached hydrogen (secondary N) is 1. The van der Waals surface area contributed by atoms with Gasteiger partial charge in [0.1, 0.15) is 0 Å². The summed E-state index contributed by atoms with van der Waals surface area (Å²) in [5.41, 5.74) is 2.43. The topological polar surface area (TPSA) is 93.5 Å². The fourth-order valence-corrected chi connectivity index (χ4v) is 5.91. The SMILES string of the molecule is CS(=O)(=O)c1cccc(-c2ccc(-c3cc(C(=O)NCN4CCOCC4)nn3-c3ccccc3Cl)s2)c1. The maximum Gasteiger partial charge on any atom is 0.272 e. The molecular weight excluding hydrogens is 532 g/mol. The molecule has 1 saturated heterocycles. The maximum absolute atomic E-state index is 13.0. The number of nitrogens with zero attached hydrogens (tertiary/aromatic N) is 3. The molecule has 1 amide bonds. The van der Waals surface area contributed by atoms with Gasteiger partial charge in [0.15, 0.2) is 15.5 Å². The second-order valence-electron chi connectivity index (χ2n) is 8.64. The number of halogens is 1. The molecule has 0 spiro atoms. The van der Waals surface area contributed by atoms with Gasteiger partial charge in [-0.15, -0.1) is 11.3 Å². The molecule has 2 aromatic heterocycles. The maximum atomic E-state index is 13.0. The number of hydrogen-bond acceptors (Lipinski definition) is 7. The van der Waals surface area contributed by atoms with Crippen LogP contribution in [0.5, 0.6) is 0 Å². The molecule has 11 heteroatoms. The van der Waals surface area contributed by atoms with Crippen molar-refractivity contribution < 1.29 is 17.9 Å². The molecule has 1 N–H and O–H groups in total. The Balaban J connectivity index is 1.49. The Morgan fingerprint density at radius 3 is 2.57 bits per heavy atom. The van der Waals surface area contributed by atoms with Gasteiger partial charge in [0.05, 0.1) is 46.1 Å². The minimum absolute atomic E-state index is 0.264. The third-order valence-corrected chi connectivity index (χ3v) is 8.58. The van der Waals surface area contributed by atoms with Crippen LogP contribution in [0.25, 0.3) is 26.7 Å². The third-order valence-electron chi connectivity index (χ3n) is 5.99. The van der Waals surface area contributed by atoms with Crippen molar-refractivity contribution in [3.05, 3.63) is 77.4 Å². The van der Waals surface area contributed by atoms with Crippen molar-refractivity contribution in [1.82, 2.24) is 20.0 Å². The fourth-order valence-electron chi connectivity index (χ4n) is 4.02. The van der Waals surface area contributed by atoms with E-state index < -0.39 is 9.84 Å². The number of amides is 1. The van der Waals surface area contributed by atoms with E-state index in [0.717, 1.165) is 28.4 Å². The molecule has 5 rings (SSSR count). The minimum Gasteiger partial charge on any atom is -0.379 e. The Bertz CT molecular complexity index is 1540. The Hall–Kier alpha value is -3.02. The number of rotatable bonds is 7. The van der Waals surface area contributed by atoms with Gasteiger partial charge in [0.2, 0.25) is 0 Å². The number of morpholine rings is 1. The summed E-state index contributed by atoms with van der Waals surface area (Å²) in [7, 11) is -3.33. The average Bonchev–Trinajstić information content (AvgIpc) is 3.56. The van der Waals surface area contributed by atoms with Crippen LogP contribution in [0.15, 0.2) is 71.6 Å². The van der Waals surface area contributed by atoms with Crippen molar-refractivity contribution >= 4 is 38.7 Å². The number of thiophene rings is 1. The van der Waals surface area contributed by atoms with E-state index in [1.54, 1.807) is 35.0 Å². The van der Waals surface area contributed by atoms with E-state index in [1.807, 2.05) is 36.4 Å². The van der Waals surface area contributed by atoms with Gasteiger partial charge < -0.3 is 10.1 Å². The summed E-state index contributed by atoms with van der Waals surface area (Å²) >= 11 is 7.98. The van der Waals surface area contributed by atoms with Crippen molar-refractivity contribution in [2.45, 2.75) is 4.90 Å². The van der Waals surface area contributed by atoms with Crippen LogP contribution in [0.1, 0.15) is 10.5 Å². The largest absolute Gasteiger partial charge is 0.379 e. The predicted octanol–water partition coefficient (Wildman–Crippen LogP) is 4.34. The van der Waals surface area contributed by atoms with Gasteiger partial charge >= 0.3 is 0 Å². The number of aromatic nitrogens is 2. The zero-order valence-corrected chi connectivity index (χ0v) is 22.4. The lowest BCUT2D eigenvalue weighted by molar-refractivity contribution is 0.0334. The highest BCUT2D eigenvalue weighted by Crippen LogP contribution is 2.37. The summed E-state index contributed by atoms with van der Waals surface area (Å²) < 4.78 is 31.1. The van der Waals surface area contributed by atoms with Gasteiger partial charge in [-0.2, -0.15) is 5.10 Å². The minimum atomic E-state index is -3.33. The zero-order valence-electron chi connectivity index (χ0n) is 20.1. The Labute approximate surface area is 224 Å². The van der Waals surface area contributed by atoms with Crippen LogP contribution >= 0.6 is 22.9 Å². The average molecular weight is 557 g/mol. The summed E-state index contributed by atoms with van der Waals surface area (Å²) in [6.45, 7) is 3.23. The monoisotopic (exact) mass is 556 g/mol. The van der Waals surface area contributed by atoms with E-state index >= 15 is 0 Å². The molecule has 0 bridgehead atoms. The highest BCUT2D eigenvalue weighted by Gasteiger charge is 2.21. The first kappa shape index (κ1) is 25.6. The van der Waals surface area contributed by atoms with Crippen LogP contribution in [0.4, 0.5) is 0 Å². The molecule has 0 saturated carbocycles. The van der Waals surface area contributed by atoms with E-state index in [2.05, 4.69) is 15.3 Å². The van der Waals surface area contributed by atoms with Gasteiger partial charge in [-0.05, 0) is 48.0 Å². The van der Waals surface area contributed by atoms with Crippen LogP contribution < -0.4 is 5.32 Å². The lowest BCUT2D eigenvalue weighted by Crippen LogP contribution is -2.43. The fraction of sp³-hybridized carbons (Fsp3) is 0.231. The van der Waals surface area contributed by atoms with Crippen LogP contribution in [0.2, 0.25) is 5.02 Å². The van der Waals surface area contributed by atoms with Gasteiger partial charge in [0.25, 0.3) is 5.91 Å². The molecule has 2 aromatic carbocycles. The molecule has 1 fully saturated rings. The number of ether oxygens (including phenoxy) is 1. The highest BCUT2D eigenvalue weighted by molar-refractivity contribution is 7.90. The summed E-state index contributed by atoms with van der Waals surface area (Å²) in [5, 5.41) is 8.07. The Morgan fingerprint density at radius 2 is 1.81 bits per heavy atom. The van der Waals surface area contributed by atoms with Gasteiger partial charge in [-0.1, -0.05) is 35.9 Å². The first-order valence-corrected chi connectivity index (χ1v) is 14.7. The van der Waals surface area contributed by atoms with E-state index in [0.29, 0.717) is 36.3 Å². The summed E-state index contributed by atoms with van der Waals surface area (Å²) in [6, 6.07) is 19.8. The molecule has 8 nitrogen and oxygen atoms in total. The number of carbonyl (C=O) groups excluding carboxylic acids is 1. The van der Waals surface area contributed by atoms with E-state index in [-0.39, 0.29) is 16.5 Å². The van der Waals surface area contributed by atoms with Crippen LogP contribution in [0, 0.1) is 0 Å². The molecule has 192 valence electrons. The Morgan fingerprint density at radius 1 is 1.05 bits per heavy atom. The van der Waals surface area contributed by atoms with Crippen LogP contribution in [-0.2, 0) is 14.6 Å². The third kappa shape index (κ3) is 5.78. The first-order valence-electron chi connectivity index (χ1n) is 11.6. The standard InChI is InChI=1S/C26H25ClN4O4S2/c1-37(33,34)19-6-4-5-18(15-19)24-9-10-25(36-24)23-16-21(26(32)28-17-30-11-13-35-14-12-30)29-31(23)22-8-3-2-7-20(22)27/h2-10,15-16H,11-14,17H2,1H3,(H,28,32). The molecule has 0 atom stereocenters. The van der Waals surface area contributed by atoms with E-state index in [4.69, 9.17) is 16.3 Å². The van der Waals surface area contributed by atoms with Gasteiger partial charge in [0, 0.05) is 24.2 Å². The number of hydrogen-bond donors (Lipinski definition) is 1. The molecule has 37 heavy (non-hydrogen) atoms. The number of sulfone groups is 1. The predicted molar refractivity (Wildman–Crippen MR) is 145 cm³/mol. The van der Waals surface area contributed by atoms with Gasteiger partial charge in [-0.25, -0.2) is 13.1 Å². The highest BCUT2D eigenvalue weighted by atomic mass is 35.5. The molecule has 4 aromatic rings. The van der Waals surface area contributed by atoms with Gasteiger partial charge in [-0.3, -0.25) is 9.69 Å². The quantitative estimate of drug-likeness (QED) is 0.364. The summed E-state index contributed by atoms with van der Waals surface area (Å²) in [6.07, 6.45) is 1.19. The lowest BCUT2D eigenvalue weighted by Gasteiger charge is -2.26. The van der Waals surface area contributed by atoms with Crippen molar-refractivity contribution in [2.75, 3.05) is 39.2 Å². The molecule has 0 unspecified atom stereocenters. The van der Waals surface area contributed by atoms with Crippen molar-refractivity contribution in [3.8, 4) is 26.7 Å². The smallest absolute Gasteiger partial charge is 0.272 e. The molecule has 3 heterocycles. The van der Waals surface area contributed by atoms with E-state index in [9.17, 15) is 13.2 Å². The molecular formula is C26H25ClN4O4S2. The lowest BCUT2D eigenvalue weighted by atomic mass is 10.2. The number of para-hydroxylation sites is 1. The number of benzene rings is 2. The van der Waals surface area contributed by atoms with Crippen LogP contribution in [-0.4, -0.2) is 68.2 Å². The zero-order chi connectivity index (χ0) is 26.0. The molecule has 1 aliphatic rings. The number of carbonyl (C=O) groups is 1. The summed E-state index contributed by atoms with van der Waals surface area (Å²) in [5.74, 6) is -0.281. The normalized spacial score (nSPS) is 14.5. The second-order valence-corrected chi connectivity index (χ2v) is 12.1. The Kier molecular flexibility index (Phi) is 7.45. The van der Waals surface area contributed by atoms with Crippen molar-refractivity contribution in [3.63, 3.8) is 0 Å². The van der Waals surface area contributed by atoms with E-state index in [1.165, 1.54) is 17.6 Å². The molecule has 1 aliphatic heterocycles. The molecule has 0 radical (unpaired) electrons. The van der Waals surface area contributed by atoms with Crippen molar-refractivity contribution in [1.29, 1.82) is 0 Å². The summed E-state index contributed by atoms with van der Waals surface area (Å²) in [4.78, 5) is 17.2.